The van der Waals surface area contributed by atoms with Gasteiger partial charge in [-0.3, -0.25) is 0 Å². The van der Waals surface area contributed by atoms with E-state index in [0.717, 1.165) is 16.7 Å². The Morgan fingerprint density at radius 3 is 1.52 bits per heavy atom. The van der Waals surface area contributed by atoms with Gasteiger partial charge in [-0.2, -0.15) is 0 Å². The molecule has 4 aliphatic rings. The number of ether oxygens (including phenoxy) is 10. The highest BCUT2D eigenvalue weighted by Crippen LogP contribution is 2.45. The SMILES string of the molecule is CO[C@H]1O[C@H]([C@H](O)[C@H](O)[C@@H](O)[C@H]2O[C@@H]3OC(C)(C)O[C@@H]3[C@H]3OC(C)(C)O[C@H]32)[C@@H](OCc2ccccc2)[C@H](OCc2ccccc2)[C@H]1OCc1ccccc1. The molecule has 3 aromatic carbocycles. The van der Waals surface area contributed by atoms with E-state index < -0.39 is 91.3 Å². The number of benzene rings is 3. The molecule has 13 heteroatoms. The minimum Gasteiger partial charge on any atom is -0.387 e. The fraction of sp³-hybridized carbons (Fsp3) is 0.561. The van der Waals surface area contributed by atoms with E-state index >= 15 is 0 Å². The molecular formula is C41H52O13. The van der Waals surface area contributed by atoms with Gasteiger partial charge in [-0.1, -0.05) is 91.0 Å². The monoisotopic (exact) mass is 752 g/mol. The second-order valence-corrected chi connectivity index (χ2v) is 15.1. The predicted octanol–water partition coefficient (Wildman–Crippen LogP) is 3.59. The van der Waals surface area contributed by atoms with Gasteiger partial charge in [-0.05, 0) is 44.4 Å². The summed E-state index contributed by atoms with van der Waals surface area (Å²) in [6, 6.07) is 28.8. The Hall–Kier alpha value is -2.86. The average Bonchev–Trinajstić information content (AvgIpc) is 3.68. The molecule has 3 aromatic rings. The quantitative estimate of drug-likeness (QED) is 0.220. The van der Waals surface area contributed by atoms with Gasteiger partial charge in [0, 0.05) is 7.11 Å². The lowest BCUT2D eigenvalue weighted by Crippen LogP contribution is -2.67. The molecule has 0 bridgehead atoms. The van der Waals surface area contributed by atoms with Gasteiger partial charge in [0.1, 0.15) is 67.1 Å². The summed E-state index contributed by atoms with van der Waals surface area (Å²) in [5.41, 5.74) is 2.69. The molecule has 3 N–H and O–H groups in total. The zero-order chi connectivity index (χ0) is 38.0. The first-order valence-corrected chi connectivity index (χ1v) is 18.5. The first-order valence-electron chi connectivity index (χ1n) is 18.5. The number of aliphatic hydroxyl groups is 3. The smallest absolute Gasteiger partial charge is 0.190 e. The molecule has 0 radical (unpaired) electrons. The maximum absolute atomic E-state index is 12.1. The van der Waals surface area contributed by atoms with Crippen LogP contribution in [0, 0.1) is 0 Å². The molecule has 0 aromatic heterocycles. The van der Waals surface area contributed by atoms with Crippen LogP contribution in [-0.2, 0) is 67.2 Å². The molecule has 13 atom stereocenters. The highest BCUT2D eigenvalue weighted by atomic mass is 16.9. The summed E-state index contributed by atoms with van der Waals surface area (Å²) < 4.78 is 62.7. The topological polar surface area (TPSA) is 153 Å². The number of fused-ring (bicyclic) bond motifs is 3. The largest absolute Gasteiger partial charge is 0.387 e. The van der Waals surface area contributed by atoms with E-state index in [1.54, 1.807) is 27.7 Å². The molecule has 0 saturated carbocycles. The molecule has 4 heterocycles. The van der Waals surface area contributed by atoms with Gasteiger partial charge in [-0.15, -0.1) is 0 Å². The summed E-state index contributed by atoms with van der Waals surface area (Å²) in [6.07, 6.45) is -14.7. The van der Waals surface area contributed by atoms with Gasteiger partial charge < -0.3 is 62.7 Å². The first-order chi connectivity index (χ1) is 25.9. The zero-order valence-electron chi connectivity index (χ0n) is 31.2. The standard InChI is InChI=1S/C41H52O13/c1-40(2)51-34-31(50-39-37(35(34)52-40)53-41(3,4)54-39)29(44)27(42)28(43)30-32(46-21-24-15-9-6-10-16-24)33(47-22-25-17-11-7-12-18-25)36(38(45-5)49-30)48-23-26-19-13-8-14-20-26/h6-20,27-39,42-44H,21-23H2,1-5H3/t27-,28+,29+,30+,31+,32+,33-,34-,35-,36+,37+,38-,39+/m0/s1. The summed E-state index contributed by atoms with van der Waals surface area (Å²) >= 11 is 0. The molecule has 294 valence electrons. The second kappa shape index (κ2) is 16.7. The summed E-state index contributed by atoms with van der Waals surface area (Å²) in [4.78, 5) is 0. The van der Waals surface area contributed by atoms with Crippen LogP contribution >= 0.6 is 0 Å². The Balaban J connectivity index is 1.18. The number of aliphatic hydroxyl groups excluding tert-OH is 3. The van der Waals surface area contributed by atoms with Crippen molar-refractivity contribution >= 4 is 0 Å². The lowest BCUT2D eigenvalue weighted by Gasteiger charge is -2.48. The van der Waals surface area contributed by atoms with Crippen molar-refractivity contribution in [3.8, 4) is 0 Å². The van der Waals surface area contributed by atoms with Crippen molar-refractivity contribution in [2.75, 3.05) is 7.11 Å². The van der Waals surface area contributed by atoms with Crippen LogP contribution in [0.4, 0.5) is 0 Å². The van der Waals surface area contributed by atoms with Crippen LogP contribution in [0.2, 0.25) is 0 Å². The normalized spacial score (nSPS) is 34.4. The maximum atomic E-state index is 12.1. The highest BCUT2D eigenvalue weighted by molar-refractivity contribution is 5.16. The Bertz CT molecular complexity index is 1610. The molecule has 7 rings (SSSR count). The third-order valence-electron chi connectivity index (χ3n) is 10.2. The highest BCUT2D eigenvalue weighted by Gasteiger charge is 2.63. The molecule has 13 nitrogen and oxygen atoms in total. The van der Waals surface area contributed by atoms with Crippen molar-refractivity contribution in [2.45, 2.75) is 139 Å². The van der Waals surface area contributed by atoms with E-state index in [9.17, 15) is 15.3 Å². The van der Waals surface area contributed by atoms with Gasteiger partial charge in [0.25, 0.3) is 0 Å². The lowest BCUT2D eigenvalue weighted by molar-refractivity contribution is -0.337. The number of hydrogen-bond acceptors (Lipinski definition) is 13. The summed E-state index contributed by atoms with van der Waals surface area (Å²) in [7, 11) is 1.47. The van der Waals surface area contributed by atoms with E-state index in [1.807, 2.05) is 91.0 Å². The summed E-state index contributed by atoms with van der Waals surface area (Å²) in [6.45, 7) is 7.52. The number of methoxy groups -OCH3 is 1. The van der Waals surface area contributed by atoms with Gasteiger partial charge >= 0.3 is 0 Å². The predicted molar refractivity (Wildman–Crippen MR) is 191 cm³/mol. The van der Waals surface area contributed by atoms with Crippen molar-refractivity contribution in [2.24, 2.45) is 0 Å². The molecule has 4 aliphatic heterocycles. The lowest BCUT2D eigenvalue weighted by atomic mass is 9.87. The van der Waals surface area contributed by atoms with Crippen LogP contribution in [0.25, 0.3) is 0 Å². The van der Waals surface area contributed by atoms with E-state index in [1.165, 1.54) is 7.11 Å². The molecule has 0 unspecified atom stereocenters. The molecule has 0 spiro atoms. The first kappa shape index (κ1) is 39.4. The average molecular weight is 753 g/mol. The van der Waals surface area contributed by atoms with Crippen molar-refractivity contribution in [1.29, 1.82) is 0 Å². The molecule has 4 saturated heterocycles. The molecule has 54 heavy (non-hydrogen) atoms. The fourth-order valence-electron chi connectivity index (χ4n) is 7.66. The van der Waals surface area contributed by atoms with Gasteiger partial charge in [0.2, 0.25) is 0 Å². The van der Waals surface area contributed by atoms with Crippen molar-refractivity contribution in [3.63, 3.8) is 0 Å². The fourth-order valence-corrected chi connectivity index (χ4v) is 7.66. The Morgan fingerprint density at radius 2 is 0.981 bits per heavy atom. The maximum Gasteiger partial charge on any atom is 0.190 e. The third-order valence-corrected chi connectivity index (χ3v) is 10.2. The Labute approximate surface area is 315 Å². The molecular weight excluding hydrogens is 700 g/mol. The number of hydrogen-bond donors (Lipinski definition) is 3. The van der Waals surface area contributed by atoms with Gasteiger partial charge in [-0.25, -0.2) is 0 Å². The van der Waals surface area contributed by atoms with Crippen LogP contribution in [0.1, 0.15) is 44.4 Å². The minimum atomic E-state index is -1.84. The minimum absolute atomic E-state index is 0.122. The molecule has 4 fully saturated rings. The second-order valence-electron chi connectivity index (χ2n) is 15.1. The van der Waals surface area contributed by atoms with Crippen LogP contribution in [0.15, 0.2) is 91.0 Å². The van der Waals surface area contributed by atoms with Crippen LogP contribution in [-0.4, -0.2) is 114 Å². The number of rotatable bonds is 14. The van der Waals surface area contributed by atoms with Gasteiger partial charge in [0.15, 0.2) is 24.2 Å². The van der Waals surface area contributed by atoms with Crippen molar-refractivity contribution < 1.29 is 62.7 Å². The van der Waals surface area contributed by atoms with E-state index in [-0.39, 0.29) is 19.8 Å². The van der Waals surface area contributed by atoms with Crippen LogP contribution in [0.5, 0.6) is 0 Å². The zero-order valence-corrected chi connectivity index (χ0v) is 31.2. The summed E-state index contributed by atoms with van der Waals surface area (Å²) in [5.74, 6) is -2.03. The van der Waals surface area contributed by atoms with Crippen molar-refractivity contribution in [3.05, 3.63) is 108 Å². The third kappa shape index (κ3) is 8.74. The van der Waals surface area contributed by atoms with Crippen LogP contribution in [0.3, 0.4) is 0 Å². The molecule has 0 aliphatic carbocycles. The summed E-state index contributed by atoms with van der Waals surface area (Å²) in [5, 5.41) is 35.8. The van der Waals surface area contributed by atoms with Gasteiger partial charge in [0.05, 0.1) is 19.8 Å². The van der Waals surface area contributed by atoms with E-state index in [4.69, 9.17) is 47.4 Å². The van der Waals surface area contributed by atoms with Crippen LogP contribution < -0.4 is 0 Å². The Morgan fingerprint density at radius 1 is 0.537 bits per heavy atom. The molecule has 0 amide bonds. The van der Waals surface area contributed by atoms with Crippen molar-refractivity contribution in [1.82, 2.24) is 0 Å². The Kier molecular flexibility index (Phi) is 12.2. The van der Waals surface area contributed by atoms with E-state index in [0.29, 0.717) is 0 Å². The van der Waals surface area contributed by atoms with E-state index in [2.05, 4.69) is 0 Å².